The normalized spacial score (nSPS) is 22.1. The first-order chi connectivity index (χ1) is 8.16. The Kier molecular flexibility index (Phi) is 3.95. The highest BCUT2D eigenvalue weighted by Crippen LogP contribution is 2.23. The fourth-order valence-electron chi connectivity index (χ4n) is 2.57. The molecule has 17 heavy (non-hydrogen) atoms. The van der Waals surface area contributed by atoms with Crippen LogP contribution in [-0.4, -0.2) is 23.3 Å². The first-order valence-electron chi connectivity index (χ1n) is 6.46. The van der Waals surface area contributed by atoms with Gasteiger partial charge in [0, 0.05) is 32.0 Å². The van der Waals surface area contributed by atoms with Crippen molar-refractivity contribution in [1.82, 2.24) is 4.90 Å². The molecule has 1 atom stereocenters. The van der Waals surface area contributed by atoms with Gasteiger partial charge in [-0.05, 0) is 11.5 Å². The average Bonchev–Trinajstić information content (AvgIpc) is 2.32. The van der Waals surface area contributed by atoms with Crippen LogP contribution in [0.15, 0.2) is 30.3 Å². The van der Waals surface area contributed by atoms with E-state index in [0.29, 0.717) is 17.7 Å². The van der Waals surface area contributed by atoms with Gasteiger partial charge in [0.1, 0.15) is 5.78 Å². The number of nitrogens with zero attached hydrogens (tertiary/aromatic N) is 1. The first-order valence-corrected chi connectivity index (χ1v) is 6.46. The van der Waals surface area contributed by atoms with Crippen molar-refractivity contribution in [3.63, 3.8) is 0 Å². The molecule has 1 aliphatic heterocycles. The standard InChI is InChI=1S/C15H21NO/c1-12(2)15-10-14(17)8-9-16(15)11-13-6-4-3-5-7-13/h3-7,12,15H,8-11H2,1-2H3. The van der Waals surface area contributed by atoms with Gasteiger partial charge in [-0.25, -0.2) is 0 Å². The van der Waals surface area contributed by atoms with Crippen LogP contribution in [0.1, 0.15) is 32.3 Å². The van der Waals surface area contributed by atoms with E-state index in [1.807, 2.05) is 6.07 Å². The minimum atomic E-state index is 0.413. The van der Waals surface area contributed by atoms with Crippen LogP contribution in [0.4, 0.5) is 0 Å². The molecule has 1 aromatic rings. The molecule has 1 unspecified atom stereocenters. The van der Waals surface area contributed by atoms with E-state index in [-0.39, 0.29) is 0 Å². The summed E-state index contributed by atoms with van der Waals surface area (Å²) in [5, 5.41) is 0. The molecule has 0 spiro atoms. The molecule has 1 saturated heterocycles. The summed E-state index contributed by atoms with van der Waals surface area (Å²) in [5.41, 5.74) is 1.34. The van der Waals surface area contributed by atoms with Crippen LogP contribution in [0.2, 0.25) is 0 Å². The molecule has 2 rings (SSSR count). The van der Waals surface area contributed by atoms with Gasteiger partial charge < -0.3 is 0 Å². The van der Waals surface area contributed by atoms with Crippen molar-refractivity contribution in [2.75, 3.05) is 6.54 Å². The lowest BCUT2D eigenvalue weighted by atomic mass is 9.91. The van der Waals surface area contributed by atoms with Crippen molar-refractivity contribution in [3.05, 3.63) is 35.9 Å². The Labute approximate surface area is 104 Å². The van der Waals surface area contributed by atoms with Crippen molar-refractivity contribution in [2.45, 2.75) is 39.3 Å². The smallest absolute Gasteiger partial charge is 0.135 e. The summed E-state index contributed by atoms with van der Waals surface area (Å²) in [6, 6.07) is 10.9. The quantitative estimate of drug-likeness (QED) is 0.797. The molecule has 1 heterocycles. The number of carbonyl (C=O) groups excluding carboxylic acids is 1. The van der Waals surface area contributed by atoms with E-state index >= 15 is 0 Å². The molecule has 92 valence electrons. The SMILES string of the molecule is CC(C)C1CC(=O)CCN1Cc1ccccc1. The highest BCUT2D eigenvalue weighted by molar-refractivity contribution is 5.80. The minimum Gasteiger partial charge on any atom is -0.300 e. The molecular formula is C15H21NO. The fourth-order valence-corrected chi connectivity index (χ4v) is 2.57. The van der Waals surface area contributed by atoms with E-state index in [2.05, 4.69) is 43.0 Å². The summed E-state index contributed by atoms with van der Waals surface area (Å²) in [4.78, 5) is 14.0. The molecule has 1 aliphatic rings. The third kappa shape index (κ3) is 3.16. The van der Waals surface area contributed by atoms with Crippen LogP contribution < -0.4 is 0 Å². The third-order valence-corrected chi connectivity index (χ3v) is 3.58. The van der Waals surface area contributed by atoms with Gasteiger partial charge >= 0.3 is 0 Å². The molecule has 2 nitrogen and oxygen atoms in total. The number of ketones is 1. The molecule has 0 N–H and O–H groups in total. The lowest BCUT2D eigenvalue weighted by molar-refractivity contribution is -0.124. The first kappa shape index (κ1) is 12.3. The maximum Gasteiger partial charge on any atom is 0.135 e. The predicted molar refractivity (Wildman–Crippen MR) is 69.7 cm³/mol. The Morgan fingerprint density at radius 2 is 2.00 bits per heavy atom. The van der Waals surface area contributed by atoms with E-state index in [1.165, 1.54) is 5.56 Å². The summed E-state index contributed by atoms with van der Waals surface area (Å²) in [6.07, 6.45) is 1.44. The topological polar surface area (TPSA) is 20.3 Å². The third-order valence-electron chi connectivity index (χ3n) is 3.58. The summed E-state index contributed by atoms with van der Waals surface area (Å²) in [7, 11) is 0. The van der Waals surface area contributed by atoms with E-state index < -0.39 is 0 Å². The van der Waals surface area contributed by atoms with E-state index in [0.717, 1.165) is 25.9 Å². The Bertz CT molecular complexity index is 372. The molecule has 0 amide bonds. The van der Waals surface area contributed by atoms with Crippen LogP contribution in [0, 0.1) is 5.92 Å². The van der Waals surface area contributed by atoms with Crippen LogP contribution >= 0.6 is 0 Å². The minimum absolute atomic E-state index is 0.413. The van der Waals surface area contributed by atoms with Crippen molar-refractivity contribution in [2.24, 2.45) is 5.92 Å². The molecular weight excluding hydrogens is 210 g/mol. The molecule has 2 heteroatoms. The highest BCUT2D eigenvalue weighted by Gasteiger charge is 2.28. The molecule has 0 bridgehead atoms. The van der Waals surface area contributed by atoms with Crippen LogP contribution in [0.25, 0.3) is 0 Å². The molecule has 0 aromatic heterocycles. The lowest BCUT2D eigenvalue weighted by Gasteiger charge is -2.37. The summed E-state index contributed by atoms with van der Waals surface area (Å²) in [6.45, 7) is 6.30. The summed E-state index contributed by atoms with van der Waals surface area (Å²) in [5.74, 6) is 0.968. The predicted octanol–water partition coefficient (Wildman–Crippen LogP) is 2.88. The zero-order valence-corrected chi connectivity index (χ0v) is 10.7. The van der Waals surface area contributed by atoms with Gasteiger partial charge in [-0.2, -0.15) is 0 Å². The number of Topliss-reactive ketones (excluding diaryl/α,β-unsaturated/α-hetero) is 1. The van der Waals surface area contributed by atoms with Crippen LogP contribution in [0.3, 0.4) is 0 Å². The number of likely N-dealkylation sites (tertiary alicyclic amines) is 1. The van der Waals surface area contributed by atoms with E-state index in [4.69, 9.17) is 0 Å². The Morgan fingerprint density at radius 3 is 2.65 bits per heavy atom. The van der Waals surface area contributed by atoms with Crippen LogP contribution in [-0.2, 0) is 11.3 Å². The maximum absolute atomic E-state index is 11.5. The molecule has 0 radical (unpaired) electrons. The summed E-state index contributed by atoms with van der Waals surface area (Å²) < 4.78 is 0. The second kappa shape index (κ2) is 5.46. The number of hydrogen-bond donors (Lipinski definition) is 0. The number of benzene rings is 1. The molecule has 1 aromatic carbocycles. The number of hydrogen-bond acceptors (Lipinski definition) is 2. The second-order valence-corrected chi connectivity index (χ2v) is 5.26. The van der Waals surface area contributed by atoms with Crippen molar-refractivity contribution < 1.29 is 4.79 Å². The highest BCUT2D eigenvalue weighted by atomic mass is 16.1. The Balaban J connectivity index is 2.06. The van der Waals surface area contributed by atoms with Gasteiger partial charge in [0.15, 0.2) is 0 Å². The van der Waals surface area contributed by atoms with Crippen molar-refractivity contribution in [1.29, 1.82) is 0 Å². The fraction of sp³-hybridized carbons (Fsp3) is 0.533. The van der Waals surface area contributed by atoms with Gasteiger partial charge in [-0.1, -0.05) is 44.2 Å². The molecule has 1 fully saturated rings. The monoisotopic (exact) mass is 231 g/mol. The zero-order chi connectivity index (χ0) is 12.3. The van der Waals surface area contributed by atoms with Crippen molar-refractivity contribution >= 4 is 5.78 Å². The molecule has 0 aliphatic carbocycles. The number of carbonyl (C=O) groups is 1. The summed E-state index contributed by atoms with van der Waals surface area (Å²) >= 11 is 0. The Morgan fingerprint density at radius 1 is 1.29 bits per heavy atom. The number of piperidine rings is 1. The average molecular weight is 231 g/mol. The second-order valence-electron chi connectivity index (χ2n) is 5.26. The molecule has 0 saturated carbocycles. The van der Waals surface area contributed by atoms with Crippen LogP contribution in [0.5, 0.6) is 0 Å². The van der Waals surface area contributed by atoms with Crippen molar-refractivity contribution in [3.8, 4) is 0 Å². The maximum atomic E-state index is 11.5. The Hall–Kier alpha value is -1.15. The lowest BCUT2D eigenvalue weighted by Crippen LogP contribution is -2.45. The van der Waals surface area contributed by atoms with Gasteiger partial charge in [0.05, 0.1) is 0 Å². The van der Waals surface area contributed by atoms with Gasteiger partial charge in [-0.3, -0.25) is 9.69 Å². The van der Waals surface area contributed by atoms with E-state index in [1.54, 1.807) is 0 Å². The largest absolute Gasteiger partial charge is 0.300 e. The van der Waals surface area contributed by atoms with Gasteiger partial charge in [0.2, 0.25) is 0 Å². The zero-order valence-electron chi connectivity index (χ0n) is 10.7. The van der Waals surface area contributed by atoms with Gasteiger partial charge in [0.25, 0.3) is 0 Å². The number of rotatable bonds is 3. The van der Waals surface area contributed by atoms with Gasteiger partial charge in [-0.15, -0.1) is 0 Å². The van der Waals surface area contributed by atoms with E-state index in [9.17, 15) is 4.79 Å².